The Hall–Kier alpha value is -1.13. The summed E-state index contributed by atoms with van der Waals surface area (Å²) in [6.07, 6.45) is 1.39. The van der Waals surface area contributed by atoms with Crippen molar-refractivity contribution in [2.24, 2.45) is 5.73 Å². The Labute approximate surface area is 107 Å². The summed E-state index contributed by atoms with van der Waals surface area (Å²) in [6, 6.07) is 4.73. The number of rotatable bonds is 2. The van der Waals surface area contributed by atoms with Crippen LogP contribution in [0.1, 0.15) is 38.3 Å². The number of hydrogen-bond acceptors (Lipinski definition) is 3. The van der Waals surface area contributed by atoms with E-state index in [1.165, 1.54) is 6.07 Å². The van der Waals surface area contributed by atoms with Crippen LogP contribution >= 0.6 is 0 Å². The van der Waals surface area contributed by atoms with Crippen LogP contribution in [0, 0.1) is 5.82 Å². The van der Waals surface area contributed by atoms with Crippen molar-refractivity contribution in [1.29, 1.82) is 0 Å². The third-order valence-corrected chi connectivity index (χ3v) is 3.67. The molecular weight excluding hydrogens is 231 g/mol. The van der Waals surface area contributed by atoms with Crippen molar-refractivity contribution < 1.29 is 9.50 Å². The van der Waals surface area contributed by atoms with E-state index in [1.54, 1.807) is 13.0 Å². The highest BCUT2D eigenvalue weighted by Gasteiger charge is 2.29. The molecule has 0 radical (unpaired) electrons. The first-order valence-corrected chi connectivity index (χ1v) is 6.42. The molecular formula is C14H21FN2O. The SMILES string of the molecule is CC(N)c1c(F)cccc1N1CCC(C)(O)CC1. The Morgan fingerprint density at radius 3 is 2.56 bits per heavy atom. The lowest BCUT2D eigenvalue weighted by Crippen LogP contribution is -2.43. The predicted molar refractivity (Wildman–Crippen MR) is 71.1 cm³/mol. The summed E-state index contributed by atoms with van der Waals surface area (Å²) >= 11 is 0. The topological polar surface area (TPSA) is 49.5 Å². The van der Waals surface area contributed by atoms with E-state index in [9.17, 15) is 9.50 Å². The second-order valence-electron chi connectivity index (χ2n) is 5.45. The molecule has 0 aliphatic carbocycles. The monoisotopic (exact) mass is 252 g/mol. The van der Waals surface area contributed by atoms with Gasteiger partial charge in [-0.05, 0) is 38.8 Å². The van der Waals surface area contributed by atoms with Crippen molar-refractivity contribution in [3.8, 4) is 0 Å². The molecule has 1 unspecified atom stereocenters. The number of benzene rings is 1. The van der Waals surface area contributed by atoms with Gasteiger partial charge in [0.25, 0.3) is 0 Å². The number of nitrogens with two attached hydrogens (primary N) is 1. The van der Waals surface area contributed by atoms with Gasteiger partial charge >= 0.3 is 0 Å². The zero-order chi connectivity index (χ0) is 13.3. The second kappa shape index (κ2) is 4.86. The van der Waals surface area contributed by atoms with Crippen LogP contribution in [0.5, 0.6) is 0 Å². The van der Waals surface area contributed by atoms with Gasteiger partial charge in [-0.25, -0.2) is 4.39 Å². The Morgan fingerprint density at radius 2 is 2.00 bits per heavy atom. The normalized spacial score (nSPS) is 20.8. The summed E-state index contributed by atoms with van der Waals surface area (Å²) < 4.78 is 13.9. The summed E-state index contributed by atoms with van der Waals surface area (Å²) in [6.45, 7) is 5.11. The minimum absolute atomic E-state index is 0.250. The van der Waals surface area contributed by atoms with Crippen LogP contribution in [0.25, 0.3) is 0 Å². The molecule has 0 amide bonds. The Bertz CT molecular complexity index is 422. The molecule has 1 aliphatic rings. The van der Waals surface area contributed by atoms with Crippen LogP contribution in [0.3, 0.4) is 0 Å². The number of nitrogens with zero attached hydrogens (tertiary/aromatic N) is 1. The predicted octanol–water partition coefficient (Wildman–Crippen LogP) is 2.20. The fourth-order valence-corrected chi connectivity index (χ4v) is 2.48. The molecule has 2 rings (SSSR count). The number of anilines is 1. The molecule has 0 bridgehead atoms. The Morgan fingerprint density at radius 1 is 1.39 bits per heavy atom. The highest BCUT2D eigenvalue weighted by Crippen LogP contribution is 2.32. The molecule has 0 spiro atoms. The van der Waals surface area contributed by atoms with E-state index in [0.29, 0.717) is 18.4 Å². The molecule has 100 valence electrons. The minimum atomic E-state index is -0.599. The summed E-state index contributed by atoms with van der Waals surface area (Å²) in [5.74, 6) is -0.250. The van der Waals surface area contributed by atoms with Gasteiger partial charge in [-0.15, -0.1) is 0 Å². The molecule has 3 N–H and O–H groups in total. The van der Waals surface area contributed by atoms with Gasteiger partial charge in [-0.2, -0.15) is 0 Å². The van der Waals surface area contributed by atoms with E-state index in [1.807, 2.05) is 13.0 Å². The van der Waals surface area contributed by atoms with Gasteiger partial charge in [0.2, 0.25) is 0 Å². The van der Waals surface area contributed by atoms with E-state index in [0.717, 1.165) is 18.8 Å². The maximum absolute atomic E-state index is 13.9. The first-order chi connectivity index (χ1) is 8.41. The zero-order valence-corrected chi connectivity index (χ0v) is 11.0. The number of hydrogen-bond donors (Lipinski definition) is 2. The molecule has 4 heteroatoms. The standard InChI is InChI=1S/C14H21FN2O/c1-10(16)13-11(15)4-3-5-12(13)17-8-6-14(2,18)7-9-17/h3-5,10,18H,6-9,16H2,1-2H3. The molecule has 1 aliphatic heterocycles. The fourth-order valence-electron chi connectivity index (χ4n) is 2.48. The Kier molecular flexibility index (Phi) is 3.59. The van der Waals surface area contributed by atoms with Crippen LogP contribution in [-0.2, 0) is 0 Å². The molecule has 1 fully saturated rings. The molecule has 18 heavy (non-hydrogen) atoms. The number of halogens is 1. The van der Waals surface area contributed by atoms with Gasteiger partial charge in [0.15, 0.2) is 0 Å². The lowest BCUT2D eigenvalue weighted by Gasteiger charge is -2.38. The maximum atomic E-state index is 13.9. The van der Waals surface area contributed by atoms with Crippen molar-refractivity contribution in [3.63, 3.8) is 0 Å². The largest absolute Gasteiger partial charge is 0.390 e. The Balaban J connectivity index is 2.27. The van der Waals surface area contributed by atoms with Gasteiger partial charge < -0.3 is 15.7 Å². The molecule has 1 atom stereocenters. The van der Waals surface area contributed by atoms with Crippen molar-refractivity contribution in [2.45, 2.75) is 38.3 Å². The van der Waals surface area contributed by atoms with Crippen LogP contribution in [-0.4, -0.2) is 23.8 Å². The van der Waals surface area contributed by atoms with Crippen LogP contribution < -0.4 is 10.6 Å². The summed E-state index contributed by atoms with van der Waals surface area (Å²) in [4.78, 5) is 2.11. The van der Waals surface area contributed by atoms with Gasteiger partial charge in [-0.1, -0.05) is 6.07 Å². The fraction of sp³-hybridized carbons (Fsp3) is 0.571. The highest BCUT2D eigenvalue weighted by atomic mass is 19.1. The van der Waals surface area contributed by atoms with Crippen LogP contribution in [0.4, 0.5) is 10.1 Å². The van der Waals surface area contributed by atoms with Crippen LogP contribution in [0.2, 0.25) is 0 Å². The lowest BCUT2D eigenvalue weighted by atomic mass is 9.92. The zero-order valence-electron chi connectivity index (χ0n) is 11.0. The van der Waals surface area contributed by atoms with E-state index >= 15 is 0 Å². The highest BCUT2D eigenvalue weighted by molar-refractivity contribution is 5.55. The molecule has 1 aromatic rings. The summed E-state index contributed by atoms with van der Waals surface area (Å²) in [7, 11) is 0. The third kappa shape index (κ3) is 2.65. The summed E-state index contributed by atoms with van der Waals surface area (Å²) in [5.41, 5.74) is 6.69. The molecule has 1 aromatic carbocycles. The van der Waals surface area contributed by atoms with E-state index in [-0.39, 0.29) is 11.9 Å². The molecule has 1 saturated heterocycles. The molecule has 1 heterocycles. The quantitative estimate of drug-likeness (QED) is 0.848. The van der Waals surface area contributed by atoms with Gasteiger partial charge in [0.1, 0.15) is 5.82 Å². The molecule has 3 nitrogen and oxygen atoms in total. The number of aliphatic hydroxyl groups is 1. The van der Waals surface area contributed by atoms with E-state index in [4.69, 9.17) is 5.73 Å². The van der Waals surface area contributed by atoms with Gasteiger partial charge in [0, 0.05) is 30.4 Å². The van der Waals surface area contributed by atoms with Crippen molar-refractivity contribution in [1.82, 2.24) is 0 Å². The smallest absolute Gasteiger partial charge is 0.130 e. The van der Waals surface area contributed by atoms with Gasteiger partial charge in [-0.3, -0.25) is 0 Å². The van der Waals surface area contributed by atoms with Crippen molar-refractivity contribution >= 4 is 5.69 Å². The van der Waals surface area contributed by atoms with Crippen molar-refractivity contribution in [2.75, 3.05) is 18.0 Å². The van der Waals surface area contributed by atoms with Crippen LogP contribution in [0.15, 0.2) is 18.2 Å². The minimum Gasteiger partial charge on any atom is -0.390 e. The number of piperidine rings is 1. The first-order valence-electron chi connectivity index (χ1n) is 6.42. The van der Waals surface area contributed by atoms with E-state index in [2.05, 4.69) is 4.90 Å². The van der Waals surface area contributed by atoms with Crippen molar-refractivity contribution in [3.05, 3.63) is 29.6 Å². The lowest BCUT2D eigenvalue weighted by molar-refractivity contribution is 0.0351. The third-order valence-electron chi connectivity index (χ3n) is 3.67. The summed E-state index contributed by atoms with van der Waals surface area (Å²) in [5, 5.41) is 9.95. The molecule has 0 aromatic heterocycles. The second-order valence-corrected chi connectivity index (χ2v) is 5.45. The molecule has 0 saturated carbocycles. The van der Waals surface area contributed by atoms with E-state index < -0.39 is 5.60 Å². The maximum Gasteiger partial charge on any atom is 0.130 e. The average molecular weight is 252 g/mol. The average Bonchev–Trinajstić information content (AvgIpc) is 2.28. The van der Waals surface area contributed by atoms with Gasteiger partial charge in [0.05, 0.1) is 5.60 Å². The first kappa shape index (κ1) is 13.3.